The molecule has 7 heteroatoms. The van der Waals surface area contributed by atoms with Crippen molar-refractivity contribution in [2.45, 2.75) is 25.9 Å². The summed E-state index contributed by atoms with van der Waals surface area (Å²) in [5, 5.41) is 9.27. The highest BCUT2D eigenvalue weighted by Gasteiger charge is 2.28. The smallest absolute Gasteiger partial charge is 0.338 e. The lowest BCUT2D eigenvalue weighted by Crippen LogP contribution is -2.14. The summed E-state index contributed by atoms with van der Waals surface area (Å²) in [4.78, 5) is 12.9. The van der Waals surface area contributed by atoms with Gasteiger partial charge in [0.15, 0.2) is 11.3 Å². The van der Waals surface area contributed by atoms with Crippen LogP contribution in [0.5, 0.6) is 0 Å². The topological polar surface area (TPSA) is 89.3 Å². The standard InChI is InChI=1S/C24H20Br2N2O3/c1-2-6-18(30-24(29)13-7-4-3-5-8-13)19-14-9-11-16(27)20(25)22(14)31-23-15(19)10-12-17(28)21(23)26/h3-5,7-12,18,27H,2,6,28H2,1H3. The van der Waals surface area contributed by atoms with E-state index in [0.717, 1.165) is 22.9 Å². The maximum atomic E-state index is 12.9. The highest BCUT2D eigenvalue weighted by Crippen LogP contribution is 2.44. The van der Waals surface area contributed by atoms with Crippen LogP contribution in [0, 0.1) is 5.41 Å². The predicted molar refractivity (Wildman–Crippen MR) is 128 cm³/mol. The Bertz CT molecular complexity index is 1300. The quantitative estimate of drug-likeness (QED) is 0.164. The fourth-order valence-electron chi connectivity index (χ4n) is 3.64. The first-order valence-electron chi connectivity index (χ1n) is 9.85. The number of nitrogens with two attached hydrogens (primary N) is 1. The minimum absolute atomic E-state index is 0.301. The van der Waals surface area contributed by atoms with Gasteiger partial charge in [0.1, 0.15) is 6.10 Å². The van der Waals surface area contributed by atoms with E-state index in [1.54, 1.807) is 24.3 Å². The second kappa shape index (κ2) is 8.85. The molecule has 2 aromatic carbocycles. The first-order chi connectivity index (χ1) is 14.9. The van der Waals surface area contributed by atoms with Crippen LogP contribution in [0.4, 0.5) is 5.69 Å². The number of carbonyl (C=O) groups is 1. The molecule has 0 saturated heterocycles. The highest BCUT2D eigenvalue weighted by molar-refractivity contribution is 9.11. The largest absolute Gasteiger partial charge is 0.454 e. The molecule has 1 unspecified atom stereocenters. The second-order valence-electron chi connectivity index (χ2n) is 7.21. The van der Waals surface area contributed by atoms with Crippen LogP contribution in [0.15, 0.2) is 68.0 Å². The molecule has 3 N–H and O–H groups in total. The number of esters is 1. The van der Waals surface area contributed by atoms with E-state index in [2.05, 4.69) is 31.9 Å². The third-order valence-electron chi connectivity index (χ3n) is 5.14. The number of hydrogen-bond acceptors (Lipinski definition) is 5. The number of fused-ring (bicyclic) bond motifs is 2. The van der Waals surface area contributed by atoms with Gasteiger partial charge in [0.25, 0.3) is 0 Å². The average molecular weight is 544 g/mol. The van der Waals surface area contributed by atoms with Gasteiger partial charge in [-0.1, -0.05) is 31.5 Å². The molecule has 4 rings (SSSR count). The third-order valence-corrected chi connectivity index (χ3v) is 6.75. The number of hydrogen-bond donors (Lipinski definition) is 2. The number of benzene rings is 3. The average Bonchev–Trinajstić information content (AvgIpc) is 2.78. The molecule has 0 bridgehead atoms. The Hall–Kier alpha value is -2.64. The lowest BCUT2D eigenvalue weighted by molar-refractivity contribution is 0.0279. The Morgan fingerprint density at radius 2 is 1.84 bits per heavy atom. The first kappa shape index (κ1) is 21.6. The van der Waals surface area contributed by atoms with E-state index in [0.29, 0.717) is 43.3 Å². The maximum Gasteiger partial charge on any atom is 0.338 e. The first-order valence-corrected chi connectivity index (χ1v) is 11.4. The Labute approximate surface area is 196 Å². The molecule has 0 radical (unpaired) electrons. The van der Waals surface area contributed by atoms with Gasteiger partial charge >= 0.3 is 5.97 Å². The van der Waals surface area contributed by atoms with Crippen LogP contribution in [-0.4, -0.2) is 5.97 Å². The van der Waals surface area contributed by atoms with Gasteiger partial charge in [-0.2, -0.15) is 0 Å². The van der Waals surface area contributed by atoms with Gasteiger partial charge < -0.3 is 14.9 Å². The molecule has 0 spiro atoms. The van der Waals surface area contributed by atoms with Gasteiger partial charge in [0.05, 0.1) is 19.9 Å². The molecule has 1 heterocycles. The predicted octanol–water partition coefficient (Wildman–Crippen LogP) is 6.82. The SMILES string of the molecule is CCCC(OC(=O)c1ccccc1)c1c2ccc(=N)c(Br)c-2oc2c(Br)c(N)ccc12. The Balaban J connectivity index is 1.97. The van der Waals surface area contributed by atoms with E-state index in [-0.39, 0.29) is 5.97 Å². The monoisotopic (exact) mass is 542 g/mol. The number of halogens is 2. The summed E-state index contributed by atoms with van der Waals surface area (Å²) in [6.45, 7) is 2.05. The molecule has 31 heavy (non-hydrogen) atoms. The van der Waals surface area contributed by atoms with E-state index in [9.17, 15) is 4.79 Å². The fraction of sp³-hybridized carbons (Fsp3) is 0.167. The molecule has 2 aromatic rings. The van der Waals surface area contributed by atoms with Gasteiger partial charge in [0, 0.05) is 22.2 Å². The van der Waals surface area contributed by atoms with E-state index in [1.807, 2.05) is 37.3 Å². The van der Waals surface area contributed by atoms with E-state index in [1.165, 1.54) is 0 Å². The van der Waals surface area contributed by atoms with Crippen LogP contribution < -0.4 is 11.1 Å². The molecule has 1 atom stereocenters. The fourth-order valence-corrected chi connectivity index (χ4v) is 4.49. The van der Waals surface area contributed by atoms with E-state index >= 15 is 0 Å². The van der Waals surface area contributed by atoms with Crippen LogP contribution in [0.1, 0.15) is 41.8 Å². The van der Waals surface area contributed by atoms with Crippen LogP contribution in [0.25, 0.3) is 22.3 Å². The van der Waals surface area contributed by atoms with Crippen molar-refractivity contribution in [1.82, 2.24) is 0 Å². The zero-order chi connectivity index (χ0) is 22.1. The molecule has 0 amide bonds. The molecule has 1 aliphatic carbocycles. The van der Waals surface area contributed by atoms with Crippen molar-refractivity contribution in [3.63, 3.8) is 0 Å². The number of anilines is 1. The van der Waals surface area contributed by atoms with Crippen molar-refractivity contribution >= 4 is 54.5 Å². The highest BCUT2D eigenvalue weighted by atomic mass is 79.9. The molecule has 0 aromatic heterocycles. The third kappa shape index (κ3) is 4.00. The maximum absolute atomic E-state index is 12.9. The molecule has 1 aliphatic heterocycles. The molecule has 2 aliphatic rings. The lowest BCUT2D eigenvalue weighted by atomic mass is 9.93. The summed E-state index contributed by atoms with van der Waals surface area (Å²) in [7, 11) is 0. The zero-order valence-corrected chi connectivity index (χ0v) is 19.9. The van der Waals surface area contributed by atoms with E-state index < -0.39 is 6.10 Å². The number of carbonyl (C=O) groups excluding carboxylic acids is 1. The zero-order valence-electron chi connectivity index (χ0n) is 16.7. The van der Waals surface area contributed by atoms with Crippen molar-refractivity contribution in [3.8, 4) is 11.3 Å². The summed E-state index contributed by atoms with van der Waals surface area (Å²) in [6, 6.07) is 16.2. The van der Waals surface area contributed by atoms with Crippen molar-refractivity contribution in [2.75, 3.05) is 5.73 Å². The number of nitrogens with one attached hydrogen (secondary N) is 1. The normalized spacial score (nSPS) is 12.2. The van der Waals surface area contributed by atoms with E-state index in [4.69, 9.17) is 20.3 Å². The minimum Gasteiger partial charge on any atom is -0.454 e. The molecular weight excluding hydrogens is 524 g/mol. The number of rotatable bonds is 5. The Kier molecular flexibility index (Phi) is 6.16. The van der Waals surface area contributed by atoms with Gasteiger partial charge in [-0.3, -0.25) is 5.41 Å². The van der Waals surface area contributed by atoms with Crippen LogP contribution in [0.3, 0.4) is 0 Å². The van der Waals surface area contributed by atoms with Crippen molar-refractivity contribution in [1.29, 1.82) is 5.41 Å². The van der Waals surface area contributed by atoms with Crippen LogP contribution >= 0.6 is 31.9 Å². The van der Waals surface area contributed by atoms with Crippen molar-refractivity contribution < 1.29 is 13.9 Å². The summed E-state index contributed by atoms with van der Waals surface area (Å²) < 4.78 is 13.4. The van der Waals surface area contributed by atoms with Crippen molar-refractivity contribution in [3.05, 3.63) is 80.0 Å². The molecule has 158 valence electrons. The number of ether oxygens (including phenoxy) is 1. The summed E-state index contributed by atoms with van der Waals surface area (Å²) in [5.74, 6) is 0.130. The van der Waals surface area contributed by atoms with Gasteiger partial charge in [-0.15, -0.1) is 0 Å². The van der Waals surface area contributed by atoms with Crippen LogP contribution in [0.2, 0.25) is 0 Å². The molecule has 0 fully saturated rings. The van der Waals surface area contributed by atoms with Gasteiger partial charge in [0.2, 0.25) is 0 Å². The number of nitrogen functional groups attached to an aromatic ring is 1. The lowest BCUT2D eigenvalue weighted by Gasteiger charge is -2.24. The van der Waals surface area contributed by atoms with Crippen LogP contribution in [-0.2, 0) is 4.74 Å². The molecular formula is C24H20Br2N2O3. The molecule has 5 nitrogen and oxygen atoms in total. The second-order valence-corrected chi connectivity index (χ2v) is 8.80. The summed E-state index contributed by atoms with van der Waals surface area (Å²) in [6.07, 6.45) is 0.947. The summed E-state index contributed by atoms with van der Waals surface area (Å²) >= 11 is 7.01. The van der Waals surface area contributed by atoms with Crippen molar-refractivity contribution in [2.24, 2.45) is 0 Å². The summed E-state index contributed by atoms with van der Waals surface area (Å²) in [5.41, 5.74) is 9.30. The van der Waals surface area contributed by atoms with Gasteiger partial charge in [-0.05, 0) is 74.7 Å². The van der Waals surface area contributed by atoms with Gasteiger partial charge in [-0.25, -0.2) is 4.79 Å². The Morgan fingerprint density at radius 3 is 2.55 bits per heavy atom. The molecule has 0 saturated carbocycles. The Morgan fingerprint density at radius 1 is 1.10 bits per heavy atom. The minimum atomic E-state index is -0.502.